The van der Waals surface area contributed by atoms with Gasteiger partial charge in [-0.1, -0.05) is 128 Å². The summed E-state index contributed by atoms with van der Waals surface area (Å²) in [4.78, 5) is 0. The zero-order valence-corrected chi connectivity index (χ0v) is 28.9. The number of benzene rings is 2. The summed E-state index contributed by atoms with van der Waals surface area (Å²) in [6.45, 7) is 30.4. The van der Waals surface area contributed by atoms with Gasteiger partial charge >= 0.3 is 0 Å². The molecule has 40 heavy (non-hydrogen) atoms. The molecule has 1 heterocycles. The third kappa shape index (κ3) is 7.50. The van der Waals surface area contributed by atoms with Crippen molar-refractivity contribution in [1.29, 1.82) is 0 Å². The Morgan fingerprint density at radius 1 is 0.600 bits per heavy atom. The molecule has 3 aromatic rings. The maximum atomic E-state index is 6.87. The lowest BCUT2D eigenvalue weighted by Gasteiger charge is -2.29. The minimum atomic E-state index is -0.111. The highest BCUT2D eigenvalue weighted by Crippen LogP contribution is 2.47. The van der Waals surface area contributed by atoms with E-state index in [0.717, 1.165) is 34.1 Å². The minimum absolute atomic E-state index is 0.0152. The molecule has 0 N–H and O–H groups in total. The van der Waals surface area contributed by atoms with Crippen LogP contribution in [0.5, 0.6) is 5.75 Å². The highest BCUT2D eigenvalue weighted by Gasteiger charge is 2.31. The van der Waals surface area contributed by atoms with Crippen LogP contribution in [0.1, 0.15) is 151 Å². The van der Waals surface area contributed by atoms with Crippen LogP contribution in [0.3, 0.4) is 0 Å². The monoisotopic (exact) mass is 568 g/mol. The largest absolute Gasteiger partial charge is 0.492 e. The van der Waals surface area contributed by atoms with Gasteiger partial charge in [-0.15, -0.1) is 0 Å². The molecule has 3 rings (SSSR count). The fourth-order valence-corrected chi connectivity index (χ4v) is 5.98. The van der Waals surface area contributed by atoms with Crippen molar-refractivity contribution in [2.24, 2.45) is 0 Å². The van der Waals surface area contributed by atoms with Gasteiger partial charge in [0, 0.05) is 22.1 Å². The van der Waals surface area contributed by atoms with Gasteiger partial charge in [-0.05, 0) is 45.8 Å². The van der Waals surface area contributed by atoms with Crippen molar-refractivity contribution in [2.45, 2.75) is 150 Å². The molecule has 2 aromatic carbocycles. The first-order valence-electron chi connectivity index (χ1n) is 15.5. The van der Waals surface area contributed by atoms with Crippen molar-refractivity contribution in [3.05, 3.63) is 40.5 Å². The third-order valence-electron chi connectivity index (χ3n) is 7.91. The molecule has 0 aliphatic heterocycles. The molecule has 0 saturated carbocycles. The van der Waals surface area contributed by atoms with Gasteiger partial charge in [0.2, 0.25) is 8.67 Å². The van der Waals surface area contributed by atoms with Crippen molar-refractivity contribution in [2.75, 3.05) is 6.61 Å². The molecule has 0 fully saturated rings. The molecule has 1 aromatic heterocycles. The molecular formula is C36H57O3P. The van der Waals surface area contributed by atoms with Crippen LogP contribution in [0.25, 0.3) is 21.9 Å². The summed E-state index contributed by atoms with van der Waals surface area (Å²) in [5.41, 5.74) is 6.51. The summed E-state index contributed by atoms with van der Waals surface area (Å²) >= 11 is 0. The zero-order chi connectivity index (χ0) is 30.1. The molecule has 0 aliphatic rings. The molecule has 1 unspecified atom stereocenters. The zero-order valence-electron chi connectivity index (χ0n) is 27.9. The Labute approximate surface area is 246 Å². The van der Waals surface area contributed by atoms with E-state index in [0.29, 0.717) is 6.61 Å². The van der Waals surface area contributed by atoms with Gasteiger partial charge in [-0.25, -0.2) is 0 Å². The molecular weight excluding hydrogens is 511 g/mol. The average Bonchev–Trinajstić information content (AvgIpc) is 2.99. The Balaban J connectivity index is 2.47. The lowest BCUT2D eigenvalue weighted by Crippen LogP contribution is -2.19. The molecule has 224 valence electrons. The van der Waals surface area contributed by atoms with Crippen LogP contribution < -0.4 is 4.74 Å². The summed E-state index contributed by atoms with van der Waals surface area (Å²) < 4.78 is 20.0. The number of ether oxygens (including phenoxy) is 1. The second kappa shape index (κ2) is 12.2. The van der Waals surface area contributed by atoms with Gasteiger partial charge in [-0.3, -0.25) is 0 Å². The minimum Gasteiger partial charge on any atom is -0.492 e. The Bertz CT molecular complexity index is 1340. The number of hydrogen-bond acceptors (Lipinski definition) is 3. The fourth-order valence-electron chi connectivity index (χ4n) is 5.34. The predicted octanol–water partition coefficient (Wildman–Crippen LogP) is 12.3. The lowest BCUT2D eigenvalue weighted by atomic mass is 9.77. The van der Waals surface area contributed by atoms with E-state index in [1.54, 1.807) is 0 Å². The quantitative estimate of drug-likeness (QED) is 0.254. The lowest BCUT2D eigenvalue weighted by molar-refractivity contribution is 0.300. The van der Waals surface area contributed by atoms with E-state index in [1.165, 1.54) is 54.4 Å². The van der Waals surface area contributed by atoms with Crippen LogP contribution in [0, 0.1) is 0 Å². The van der Waals surface area contributed by atoms with Crippen LogP contribution in [0.2, 0.25) is 0 Å². The Hall–Kier alpha value is -1.86. The summed E-state index contributed by atoms with van der Waals surface area (Å²) in [6, 6.07) is 7.05. The van der Waals surface area contributed by atoms with Crippen molar-refractivity contribution in [3.8, 4) is 5.75 Å². The summed E-state index contributed by atoms with van der Waals surface area (Å²) in [6.07, 6.45) is 7.43. The predicted molar refractivity (Wildman–Crippen MR) is 177 cm³/mol. The van der Waals surface area contributed by atoms with E-state index in [4.69, 9.17) is 13.1 Å². The van der Waals surface area contributed by atoms with Gasteiger partial charge < -0.3 is 13.1 Å². The van der Waals surface area contributed by atoms with Gasteiger partial charge in [0.05, 0.1) is 12.0 Å². The summed E-state index contributed by atoms with van der Waals surface area (Å²) in [5.74, 6) is 0.964. The Morgan fingerprint density at radius 3 is 1.68 bits per heavy atom. The molecule has 0 saturated heterocycles. The third-order valence-corrected chi connectivity index (χ3v) is 8.49. The fraction of sp³-hybridized carbons (Fsp3) is 0.667. The molecule has 3 nitrogen and oxygen atoms in total. The molecule has 0 amide bonds. The molecule has 1 atom stereocenters. The number of fused-ring (bicyclic) bond motifs is 3. The number of hydrogen-bond donors (Lipinski definition) is 0. The first-order chi connectivity index (χ1) is 18.4. The summed E-state index contributed by atoms with van der Waals surface area (Å²) in [5, 5.41) is 2.17. The highest BCUT2D eigenvalue weighted by molar-refractivity contribution is 7.15. The molecule has 0 aliphatic carbocycles. The van der Waals surface area contributed by atoms with E-state index in [-0.39, 0.29) is 30.3 Å². The van der Waals surface area contributed by atoms with Crippen molar-refractivity contribution in [1.82, 2.24) is 0 Å². The Morgan fingerprint density at radius 2 is 1.12 bits per heavy atom. The van der Waals surface area contributed by atoms with Crippen LogP contribution in [0.4, 0.5) is 0 Å². The second-order valence-corrected chi connectivity index (χ2v) is 16.4. The van der Waals surface area contributed by atoms with Gasteiger partial charge in [-0.2, -0.15) is 0 Å². The highest BCUT2D eigenvalue weighted by atomic mass is 31.1. The topological polar surface area (TPSA) is 35.5 Å². The smallest absolute Gasteiger partial charge is 0.201 e. The van der Waals surface area contributed by atoms with E-state index in [2.05, 4.69) is 108 Å². The van der Waals surface area contributed by atoms with Crippen molar-refractivity contribution in [3.63, 3.8) is 0 Å². The standard InChI is InChI=1S/C36H57O3P/c1-14-15-16-17-18-19-20-37-31-27(35(8,9)10)23-28(36(11,12)13)32-29(31)25-21-24(33(2,3)4)22-26(34(5,6)7)30(25)38-40-39-32/h21-23,40H,14-20H2,1-13H3. The van der Waals surface area contributed by atoms with Crippen LogP contribution in [-0.4, -0.2) is 6.61 Å². The number of unbranched alkanes of at least 4 members (excludes halogenated alkanes) is 5. The second-order valence-electron chi connectivity index (χ2n) is 15.8. The summed E-state index contributed by atoms with van der Waals surface area (Å²) in [7, 11) is -0.111. The Kier molecular flexibility index (Phi) is 9.93. The van der Waals surface area contributed by atoms with Crippen LogP contribution in [0.15, 0.2) is 26.6 Å². The molecule has 4 heteroatoms. The average molecular weight is 569 g/mol. The van der Waals surface area contributed by atoms with E-state index >= 15 is 0 Å². The first-order valence-corrected chi connectivity index (χ1v) is 16.3. The SMILES string of the molecule is CCCCCCCCOc1c(C(C)(C)C)cc(C(C)(C)C)c2o[pH]oc3c(C(C)(C)C)cc(C(C)(C)C)cc3c12. The maximum absolute atomic E-state index is 6.87. The van der Waals surface area contributed by atoms with E-state index in [9.17, 15) is 0 Å². The first kappa shape index (κ1) is 32.7. The van der Waals surface area contributed by atoms with E-state index < -0.39 is 0 Å². The van der Waals surface area contributed by atoms with E-state index in [1.807, 2.05) is 0 Å². The van der Waals surface area contributed by atoms with Gasteiger partial charge in [0.25, 0.3) is 0 Å². The molecule has 0 bridgehead atoms. The molecule has 0 radical (unpaired) electrons. The van der Waals surface area contributed by atoms with Crippen molar-refractivity contribution < 1.29 is 13.1 Å². The number of rotatable bonds is 8. The molecule has 0 spiro atoms. The van der Waals surface area contributed by atoms with Crippen LogP contribution in [-0.2, 0) is 21.7 Å². The van der Waals surface area contributed by atoms with Crippen molar-refractivity contribution >= 4 is 30.6 Å². The van der Waals surface area contributed by atoms with Gasteiger partial charge in [0.1, 0.15) is 16.9 Å². The van der Waals surface area contributed by atoms with Crippen LogP contribution >= 0.6 is 8.67 Å². The normalized spacial score (nSPS) is 13.5. The maximum Gasteiger partial charge on any atom is 0.201 e. The van der Waals surface area contributed by atoms with Gasteiger partial charge in [0.15, 0.2) is 0 Å².